The summed E-state index contributed by atoms with van der Waals surface area (Å²) >= 11 is 0. The highest BCUT2D eigenvalue weighted by Crippen LogP contribution is 2.19. The van der Waals surface area contributed by atoms with Crippen molar-refractivity contribution < 1.29 is 14.5 Å². The molecule has 0 spiro atoms. The summed E-state index contributed by atoms with van der Waals surface area (Å²) in [5.74, 6) is -0.303. The average Bonchev–Trinajstić information content (AvgIpc) is 2.40. The molecule has 0 heterocycles. The minimum atomic E-state index is -0.729. The van der Waals surface area contributed by atoms with Crippen molar-refractivity contribution in [2.24, 2.45) is 5.73 Å². The van der Waals surface area contributed by atoms with Crippen molar-refractivity contribution in [2.75, 3.05) is 20.7 Å². The lowest BCUT2D eigenvalue weighted by Crippen LogP contribution is -2.41. The minimum Gasteiger partial charge on any atom is -0.370 e. The fourth-order valence-electron chi connectivity index (χ4n) is 1.70. The van der Waals surface area contributed by atoms with E-state index in [0.717, 1.165) is 0 Å². The van der Waals surface area contributed by atoms with Gasteiger partial charge >= 0.3 is 0 Å². The number of amides is 1. The first-order valence-corrected chi connectivity index (χ1v) is 5.71. The van der Waals surface area contributed by atoms with Crippen molar-refractivity contribution >= 4 is 11.6 Å². The van der Waals surface area contributed by atoms with Gasteiger partial charge in [-0.05, 0) is 0 Å². The summed E-state index contributed by atoms with van der Waals surface area (Å²) in [6.07, 6.45) is -0.729. The molecule has 1 unspecified atom stereocenters. The Kier molecular flexibility index (Phi) is 5.40. The molecule has 0 fully saturated rings. The summed E-state index contributed by atoms with van der Waals surface area (Å²) in [6, 6.07) is 6.30. The predicted molar refractivity (Wildman–Crippen MR) is 69.4 cm³/mol. The van der Waals surface area contributed by atoms with Gasteiger partial charge in [-0.1, -0.05) is 18.2 Å². The molecule has 0 aliphatic heterocycles. The van der Waals surface area contributed by atoms with Gasteiger partial charge < -0.3 is 15.4 Å². The first-order chi connectivity index (χ1) is 9.01. The molecule has 104 valence electrons. The van der Waals surface area contributed by atoms with Gasteiger partial charge in [0.1, 0.15) is 6.10 Å². The number of nitrogens with zero attached hydrogens (tertiary/aromatic N) is 2. The minimum absolute atomic E-state index is 0.0103. The Morgan fingerprint density at radius 3 is 2.68 bits per heavy atom. The van der Waals surface area contributed by atoms with Gasteiger partial charge in [0.15, 0.2) is 0 Å². The van der Waals surface area contributed by atoms with Crippen molar-refractivity contribution in [1.29, 1.82) is 0 Å². The van der Waals surface area contributed by atoms with Crippen molar-refractivity contribution in [3.63, 3.8) is 0 Å². The van der Waals surface area contributed by atoms with Gasteiger partial charge in [-0.2, -0.15) is 0 Å². The van der Waals surface area contributed by atoms with Crippen LogP contribution in [0.5, 0.6) is 0 Å². The number of benzene rings is 1. The maximum atomic E-state index is 11.9. The Balaban J connectivity index is 2.85. The van der Waals surface area contributed by atoms with Crippen molar-refractivity contribution in [3.8, 4) is 0 Å². The number of para-hydroxylation sites is 1. The van der Waals surface area contributed by atoms with E-state index in [2.05, 4.69) is 0 Å². The fourth-order valence-corrected chi connectivity index (χ4v) is 1.70. The van der Waals surface area contributed by atoms with Crippen molar-refractivity contribution in [1.82, 2.24) is 4.90 Å². The van der Waals surface area contributed by atoms with E-state index in [9.17, 15) is 14.9 Å². The highest BCUT2D eigenvalue weighted by Gasteiger charge is 2.22. The third kappa shape index (κ3) is 3.73. The molecule has 0 aliphatic carbocycles. The Morgan fingerprint density at radius 2 is 2.16 bits per heavy atom. The van der Waals surface area contributed by atoms with Crippen molar-refractivity contribution in [3.05, 3.63) is 39.9 Å². The second kappa shape index (κ2) is 6.81. The number of nitro benzene ring substituents is 1. The zero-order chi connectivity index (χ0) is 14.4. The summed E-state index contributed by atoms with van der Waals surface area (Å²) in [7, 11) is 2.95. The number of rotatable bonds is 6. The third-order valence-electron chi connectivity index (χ3n) is 2.75. The van der Waals surface area contributed by atoms with Crippen LogP contribution in [0, 0.1) is 10.1 Å². The number of methoxy groups -OCH3 is 1. The van der Waals surface area contributed by atoms with Gasteiger partial charge in [0.05, 0.1) is 11.5 Å². The quantitative estimate of drug-likeness (QED) is 0.598. The molecule has 1 amide bonds. The molecule has 2 N–H and O–H groups in total. The zero-order valence-corrected chi connectivity index (χ0v) is 10.9. The van der Waals surface area contributed by atoms with Gasteiger partial charge in [0, 0.05) is 32.3 Å². The Bertz CT molecular complexity index is 460. The molecule has 0 saturated carbocycles. The Morgan fingerprint density at radius 1 is 1.53 bits per heavy atom. The molecule has 0 radical (unpaired) electrons. The molecule has 1 aromatic rings. The molecule has 1 rings (SSSR count). The molecule has 7 heteroatoms. The van der Waals surface area contributed by atoms with Crippen LogP contribution in [0.25, 0.3) is 0 Å². The van der Waals surface area contributed by atoms with E-state index in [1.807, 2.05) is 0 Å². The molecule has 19 heavy (non-hydrogen) atoms. The Labute approximate surface area is 111 Å². The topological polar surface area (TPSA) is 98.7 Å². The number of hydrogen-bond donors (Lipinski definition) is 1. The number of ether oxygens (including phenoxy) is 1. The molecule has 1 aromatic carbocycles. The molecule has 0 saturated heterocycles. The van der Waals surface area contributed by atoms with Crippen LogP contribution in [0.1, 0.15) is 5.56 Å². The second-order valence-electron chi connectivity index (χ2n) is 4.04. The first kappa shape index (κ1) is 15.1. The summed E-state index contributed by atoms with van der Waals surface area (Å²) < 4.78 is 4.95. The maximum Gasteiger partial charge on any atom is 0.274 e. The van der Waals surface area contributed by atoms with Crippen LogP contribution in [-0.2, 0) is 16.1 Å². The highest BCUT2D eigenvalue weighted by atomic mass is 16.6. The Hall–Kier alpha value is -1.99. The third-order valence-corrected chi connectivity index (χ3v) is 2.75. The van der Waals surface area contributed by atoms with Gasteiger partial charge in [0.25, 0.3) is 11.6 Å². The maximum absolute atomic E-state index is 11.9. The van der Waals surface area contributed by atoms with Gasteiger partial charge in [-0.25, -0.2) is 0 Å². The van der Waals surface area contributed by atoms with E-state index >= 15 is 0 Å². The monoisotopic (exact) mass is 267 g/mol. The van der Waals surface area contributed by atoms with Crippen LogP contribution in [0.4, 0.5) is 5.69 Å². The number of nitro groups is 1. The van der Waals surface area contributed by atoms with Gasteiger partial charge in [-0.3, -0.25) is 14.9 Å². The summed E-state index contributed by atoms with van der Waals surface area (Å²) in [6.45, 7) is 0.201. The van der Waals surface area contributed by atoms with Gasteiger partial charge in [-0.15, -0.1) is 0 Å². The van der Waals surface area contributed by atoms with Gasteiger partial charge in [0.2, 0.25) is 0 Å². The average molecular weight is 267 g/mol. The standard InChI is InChI=1S/C12H17N3O4/c1-14(12(16)11(7-13)19-2)8-9-5-3-4-6-10(9)15(17)18/h3-6,11H,7-8,13H2,1-2H3. The molecule has 7 nitrogen and oxygen atoms in total. The number of carbonyl (C=O) groups is 1. The molecular weight excluding hydrogens is 250 g/mol. The number of carbonyl (C=O) groups excluding carboxylic acids is 1. The van der Waals surface area contributed by atoms with E-state index in [4.69, 9.17) is 10.5 Å². The lowest BCUT2D eigenvalue weighted by atomic mass is 10.1. The van der Waals surface area contributed by atoms with Crippen molar-refractivity contribution in [2.45, 2.75) is 12.6 Å². The number of nitrogens with two attached hydrogens (primary N) is 1. The highest BCUT2D eigenvalue weighted by molar-refractivity contribution is 5.81. The van der Waals surface area contributed by atoms with Crippen LogP contribution >= 0.6 is 0 Å². The molecule has 0 bridgehead atoms. The van der Waals surface area contributed by atoms with E-state index < -0.39 is 11.0 Å². The van der Waals surface area contributed by atoms with Crippen LogP contribution in [0.2, 0.25) is 0 Å². The lowest BCUT2D eigenvalue weighted by molar-refractivity contribution is -0.385. The molecule has 0 aromatic heterocycles. The largest absolute Gasteiger partial charge is 0.370 e. The SMILES string of the molecule is COC(CN)C(=O)N(C)Cc1ccccc1[N+](=O)[O-]. The predicted octanol–water partition coefficient (Wildman–Crippen LogP) is 0.527. The fraction of sp³-hybridized carbons (Fsp3) is 0.417. The lowest BCUT2D eigenvalue weighted by Gasteiger charge is -2.21. The zero-order valence-electron chi connectivity index (χ0n) is 10.9. The van der Waals surface area contributed by atoms with Crippen LogP contribution in [0.15, 0.2) is 24.3 Å². The normalized spacial score (nSPS) is 11.9. The molecular formula is C12H17N3O4. The molecule has 0 aliphatic rings. The van der Waals surface area contributed by atoms with Crippen LogP contribution in [0.3, 0.4) is 0 Å². The first-order valence-electron chi connectivity index (χ1n) is 5.71. The van der Waals surface area contributed by atoms with Crippen LogP contribution < -0.4 is 5.73 Å². The van der Waals surface area contributed by atoms with Crippen LogP contribution in [-0.4, -0.2) is 42.5 Å². The summed E-state index contributed by atoms with van der Waals surface area (Å²) in [4.78, 5) is 23.7. The van der Waals surface area contributed by atoms with E-state index in [1.165, 1.54) is 18.1 Å². The van der Waals surface area contributed by atoms with E-state index in [1.54, 1.807) is 25.2 Å². The molecule has 1 atom stereocenters. The summed E-state index contributed by atoms with van der Waals surface area (Å²) in [5.41, 5.74) is 5.87. The van der Waals surface area contributed by atoms with E-state index in [0.29, 0.717) is 5.56 Å². The summed E-state index contributed by atoms with van der Waals surface area (Å²) in [5, 5.41) is 10.9. The second-order valence-corrected chi connectivity index (χ2v) is 4.04. The number of likely N-dealkylation sites (N-methyl/N-ethyl adjacent to an activating group) is 1. The van der Waals surface area contributed by atoms with E-state index in [-0.39, 0.29) is 24.7 Å². The number of hydrogen-bond acceptors (Lipinski definition) is 5. The smallest absolute Gasteiger partial charge is 0.274 e.